The SMILES string of the molecule is CCc1ccc(C(=O)Nc2cc(F)c(I)c(F)c2)o1. The first-order chi connectivity index (χ1) is 9.01. The summed E-state index contributed by atoms with van der Waals surface area (Å²) < 4.78 is 31.8. The van der Waals surface area contributed by atoms with E-state index in [0.29, 0.717) is 12.2 Å². The lowest BCUT2D eigenvalue weighted by atomic mass is 10.3. The molecule has 1 aromatic carbocycles. The summed E-state index contributed by atoms with van der Waals surface area (Å²) in [6, 6.07) is 5.33. The van der Waals surface area contributed by atoms with Gasteiger partial charge in [-0.15, -0.1) is 0 Å². The van der Waals surface area contributed by atoms with Crippen LogP contribution in [-0.4, -0.2) is 5.91 Å². The predicted octanol–water partition coefficient (Wildman–Crippen LogP) is 3.98. The van der Waals surface area contributed by atoms with Gasteiger partial charge in [0.15, 0.2) is 5.76 Å². The van der Waals surface area contributed by atoms with Gasteiger partial charge in [-0.3, -0.25) is 4.79 Å². The largest absolute Gasteiger partial charge is 0.456 e. The summed E-state index contributed by atoms with van der Waals surface area (Å²) in [6.45, 7) is 1.89. The van der Waals surface area contributed by atoms with Gasteiger partial charge in [-0.2, -0.15) is 0 Å². The van der Waals surface area contributed by atoms with Gasteiger partial charge in [-0.05, 0) is 46.9 Å². The molecule has 0 saturated carbocycles. The molecule has 1 amide bonds. The standard InChI is InChI=1S/C13H10F2INO2/c1-2-8-3-4-11(19-8)13(18)17-7-5-9(14)12(16)10(15)6-7/h3-6H,2H2,1H3,(H,17,18). The molecule has 1 aromatic heterocycles. The van der Waals surface area contributed by atoms with E-state index in [1.165, 1.54) is 6.07 Å². The van der Waals surface area contributed by atoms with E-state index in [1.54, 1.807) is 28.7 Å². The molecular formula is C13H10F2INO2. The van der Waals surface area contributed by atoms with Crippen LogP contribution in [0.25, 0.3) is 0 Å². The summed E-state index contributed by atoms with van der Waals surface area (Å²) in [6.07, 6.45) is 0.667. The molecule has 2 aromatic rings. The zero-order chi connectivity index (χ0) is 14.0. The van der Waals surface area contributed by atoms with Crippen LogP contribution in [0.1, 0.15) is 23.2 Å². The average molecular weight is 377 g/mol. The van der Waals surface area contributed by atoms with Crippen molar-refractivity contribution < 1.29 is 18.0 Å². The second-order valence-corrected chi connectivity index (χ2v) is 4.91. The maximum atomic E-state index is 13.3. The summed E-state index contributed by atoms with van der Waals surface area (Å²) >= 11 is 1.56. The Morgan fingerprint density at radius 2 is 1.95 bits per heavy atom. The molecule has 0 aliphatic rings. The second-order valence-electron chi connectivity index (χ2n) is 3.83. The Morgan fingerprint density at radius 3 is 2.47 bits per heavy atom. The van der Waals surface area contributed by atoms with Gasteiger partial charge in [-0.1, -0.05) is 6.92 Å². The van der Waals surface area contributed by atoms with Crippen LogP contribution < -0.4 is 5.32 Å². The predicted molar refractivity (Wildman–Crippen MR) is 75.1 cm³/mol. The fourth-order valence-electron chi connectivity index (χ4n) is 1.51. The van der Waals surface area contributed by atoms with Crippen molar-refractivity contribution >= 4 is 34.2 Å². The third-order valence-corrected chi connectivity index (χ3v) is 3.51. The van der Waals surface area contributed by atoms with Crippen LogP contribution >= 0.6 is 22.6 Å². The average Bonchev–Trinajstić information content (AvgIpc) is 2.84. The van der Waals surface area contributed by atoms with Crippen LogP contribution in [0.5, 0.6) is 0 Å². The molecule has 1 heterocycles. The lowest BCUT2D eigenvalue weighted by molar-refractivity contribution is 0.0995. The lowest BCUT2D eigenvalue weighted by Crippen LogP contribution is -2.11. The normalized spacial score (nSPS) is 10.5. The summed E-state index contributed by atoms with van der Waals surface area (Å²) in [5.74, 6) is -1.20. The molecule has 3 nitrogen and oxygen atoms in total. The minimum atomic E-state index is -0.718. The van der Waals surface area contributed by atoms with Crippen molar-refractivity contribution in [3.8, 4) is 0 Å². The number of anilines is 1. The topological polar surface area (TPSA) is 42.2 Å². The molecule has 0 unspecified atom stereocenters. The minimum Gasteiger partial charge on any atom is -0.456 e. The zero-order valence-corrected chi connectivity index (χ0v) is 12.1. The second kappa shape index (κ2) is 5.68. The van der Waals surface area contributed by atoms with Gasteiger partial charge >= 0.3 is 0 Å². The molecule has 0 aliphatic carbocycles. The third kappa shape index (κ3) is 3.12. The summed E-state index contributed by atoms with van der Waals surface area (Å²) in [5.41, 5.74) is 0.0508. The molecule has 6 heteroatoms. The Balaban J connectivity index is 2.19. The van der Waals surface area contributed by atoms with Crippen molar-refractivity contribution in [2.75, 3.05) is 5.32 Å². The van der Waals surface area contributed by atoms with Crippen molar-refractivity contribution in [1.82, 2.24) is 0 Å². The van der Waals surface area contributed by atoms with Crippen LogP contribution in [0, 0.1) is 15.2 Å². The molecule has 2 rings (SSSR count). The van der Waals surface area contributed by atoms with Crippen molar-refractivity contribution in [3.05, 3.63) is 51.0 Å². The van der Waals surface area contributed by atoms with Crippen LogP contribution in [0.15, 0.2) is 28.7 Å². The molecule has 0 atom stereocenters. The number of rotatable bonds is 3. The van der Waals surface area contributed by atoms with E-state index in [-0.39, 0.29) is 15.0 Å². The highest BCUT2D eigenvalue weighted by molar-refractivity contribution is 14.1. The van der Waals surface area contributed by atoms with E-state index in [4.69, 9.17) is 4.42 Å². The van der Waals surface area contributed by atoms with Gasteiger partial charge < -0.3 is 9.73 Å². The number of nitrogens with one attached hydrogen (secondary N) is 1. The molecule has 0 fully saturated rings. The number of carbonyl (C=O) groups is 1. The molecule has 0 saturated heterocycles. The van der Waals surface area contributed by atoms with Crippen LogP contribution in [0.4, 0.5) is 14.5 Å². The quantitative estimate of drug-likeness (QED) is 0.650. The molecule has 19 heavy (non-hydrogen) atoms. The van der Waals surface area contributed by atoms with Gasteiger partial charge in [0.25, 0.3) is 5.91 Å². The van der Waals surface area contributed by atoms with E-state index in [0.717, 1.165) is 12.1 Å². The van der Waals surface area contributed by atoms with Crippen LogP contribution in [0.2, 0.25) is 0 Å². The van der Waals surface area contributed by atoms with E-state index >= 15 is 0 Å². The molecule has 0 bridgehead atoms. The van der Waals surface area contributed by atoms with Crippen molar-refractivity contribution in [2.45, 2.75) is 13.3 Å². The fraction of sp³-hybridized carbons (Fsp3) is 0.154. The highest BCUT2D eigenvalue weighted by Gasteiger charge is 2.14. The molecule has 0 spiro atoms. The number of hydrogen-bond donors (Lipinski definition) is 1. The lowest BCUT2D eigenvalue weighted by Gasteiger charge is -2.05. The third-order valence-electron chi connectivity index (χ3n) is 2.48. The van der Waals surface area contributed by atoms with Gasteiger partial charge in [0.05, 0.1) is 3.57 Å². The fourth-order valence-corrected chi connectivity index (χ4v) is 1.82. The number of hydrogen-bond acceptors (Lipinski definition) is 2. The Morgan fingerprint density at radius 1 is 1.32 bits per heavy atom. The molecule has 0 radical (unpaired) electrons. The Hall–Kier alpha value is -1.44. The maximum absolute atomic E-state index is 13.3. The first-order valence-corrected chi connectivity index (χ1v) is 6.63. The number of furan rings is 1. The highest BCUT2D eigenvalue weighted by Crippen LogP contribution is 2.21. The zero-order valence-electron chi connectivity index (χ0n) is 9.97. The van der Waals surface area contributed by atoms with Crippen molar-refractivity contribution in [3.63, 3.8) is 0 Å². The first-order valence-electron chi connectivity index (χ1n) is 5.56. The Bertz CT molecular complexity index is 602. The first kappa shape index (κ1) is 14.0. The van der Waals surface area contributed by atoms with E-state index in [2.05, 4.69) is 5.32 Å². The van der Waals surface area contributed by atoms with Gasteiger partial charge in [0.1, 0.15) is 17.4 Å². The molecule has 1 N–H and O–H groups in total. The monoisotopic (exact) mass is 377 g/mol. The van der Waals surface area contributed by atoms with Crippen LogP contribution in [0.3, 0.4) is 0 Å². The number of amides is 1. The Labute approximate surface area is 122 Å². The summed E-state index contributed by atoms with van der Waals surface area (Å²) in [5, 5.41) is 2.39. The Kier molecular flexibility index (Phi) is 4.18. The van der Waals surface area contributed by atoms with E-state index < -0.39 is 17.5 Å². The number of carbonyl (C=O) groups excluding carboxylic acids is 1. The van der Waals surface area contributed by atoms with Crippen molar-refractivity contribution in [1.29, 1.82) is 0 Å². The molecule has 0 aliphatic heterocycles. The minimum absolute atomic E-state index is 0.0508. The smallest absolute Gasteiger partial charge is 0.291 e. The number of halogens is 3. The highest BCUT2D eigenvalue weighted by atomic mass is 127. The molecular weight excluding hydrogens is 367 g/mol. The summed E-state index contributed by atoms with van der Waals surface area (Å²) in [4.78, 5) is 11.8. The number of benzene rings is 1. The number of aryl methyl sites for hydroxylation is 1. The maximum Gasteiger partial charge on any atom is 0.291 e. The molecule has 100 valence electrons. The summed E-state index contributed by atoms with van der Waals surface area (Å²) in [7, 11) is 0. The van der Waals surface area contributed by atoms with E-state index in [9.17, 15) is 13.6 Å². The van der Waals surface area contributed by atoms with Crippen LogP contribution in [-0.2, 0) is 6.42 Å². The van der Waals surface area contributed by atoms with Crippen molar-refractivity contribution in [2.24, 2.45) is 0 Å². The van der Waals surface area contributed by atoms with Gasteiger partial charge in [-0.25, -0.2) is 8.78 Å². The van der Waals surface area contributed by atoms with Gasteiger partial charge in [0.2, 0.25) is 0 Å². The van der Waals surface area contributed by atoms with E-state index in [1.807, 2.05) is 6.92 Å². The van der Waals surface area contributed by atoms with Gasteiger partial charge in [0, 0.05) is 12.1 Å².